The molecule has 0 spiro atoms. The Morgan fingerprint density at radius 2 is 2.33 bits per heavy atom. The van der Waals surface area contributed by atoms with Crippen molar-refractivity contribution in [2.75, 3.05) is 11.9 Å². The molecule has 1 aliphatic heterocycles. The van der Waals surface area contributed by atoms with E-state index in [0.717, 1.165) is 17.4 Å². The van der Waals surface area contributed by atoms with E-state index in [4.69, 9.17) is 0 Å². The molecule has 1 aromatic rings. The van der Waals surface area contributed by atoms with Crippen molar-refractivity contribution in [3.63, 3.8) is 0 Å². The van der Waals surface area contributed by atoms with Crippen LogP contribution in [0.2, 0.25) is 0 Å². The van der Waals surface area contributed by atoms with Crippen molar-refractivity contribution < 1.29 is 4.39 Å². The van der Waals surface area contributed by atoms with E-state index in [1.165, 1.54) is 6.07 Å². The monoisotopic (exact) mass is 224 g/mol. The molecule has 0 fully saturated rings. The summed E-state index contributed by atoms with van der Waals surface area (Å²) in [6.45, 7) is 4.71. The Morgan fingerprint density at radius 3 is 2.93 bits per heavy atom. The number of amidine groups is 1. The standard InChI is InChI=1S/C11H13FN2S/c1-7-3-4-9(5-10(7)12)14-11-13-6-8(2)15-11/h3-5,8H,6H2,1-2H3,(H,13,14). The molecule has 0 saturated carbocycles. The summed E-state index contributed by atoms with van der Waals surface area (Å²) in [7, 11) is 0. The summed E-state index contributed by atoms with van der Waals surface area (Å²) in [5, 5.41) is 4.51. The molecule has 15 heavy (non-hydrogen) atoms. The third kappa shape index (κ3) is 2.50. The van der Waals surface area contributed by atoms with E-state index in [0.29, 0.717) is 10.8 Å². The first-order valence-electron chi connectivity index (χ1n) is 4.89. The molecule has 1 aromatic carbocycles. The fourth-order valence-corrected chi connectivity index (χ4v) is 2.20. The van der Waals surface area contributed by atoms with E-state index >= 15 is 0 Å². The predicted octanol–water partition coefficient (Wildman–Crippen LogP) is 3.04. The number of aliphatic imine (C=N–C) groups is 1. The molecule has 1 N–H and O–H groups in total. The number of nitrogens with one attached hydrogen (secondary N) is 1. The highest BCUT2D eigenvalue weighted by atomic mass is 32.2. The lowest BCUT2D eigenvalue weighted by molar-refractivity contribution is 0.619. The van der Waals surface area contributed by atoms with Crippen LogP contribution in [0.3, 0.4) is 0 Å². The van der Waals surface area contributed by atoms with Crippen molar-refractivity contribution in [2.24, 2.45) is 4.99 Å². The fraction of sp³-hybridized carbons (Fsp3) is 0.364. The lowest BCUT2D eigenvalue weighted by Gasteiger charge is -2.06. The maximum atomic E-state index is 13.2. The SMILES string of the molecule is Cc1ccc(NC2=NCC(C)S2)cc1F. The van der Waals surface area contributed by atoms with E-state index in [1.54, 1.807) is 24.8 Å². The van der Waals surface area contributed by atoms with Crippen molar-refractivity contribution in [2.45, 2.75) is 19.1 Å². The summed E-state index contributed by atoms with van der Waals surface area (Å²) >= 11 is 1.69. The van der Waals surface area contributed by atoms with Crippen LogP contribution < -0.4 is 5.32 Å². The first kappa shape index (κ1) is 10.5. The number of nitrogens with zero attached hydrogens (tertiary/aromatic N) is 1. The minimum Gasteiger partial charge on any atom is -0.335 e. The van der Waals surface area contributed by atoms with Gasteiger partial charge in [0.2, 0.25) is 0 Å². The second kappa shape index (κ2) is 4.23. The van der Waals surface area contributed by atoms with Gasteiger partial charge in [-0.15, -0.1) is 0 Å². The van der Waals surface area contributed by atoms with Crippen molar-refractivity contribution in [1.82, 2.24) is 0 Å². The molecule has 0 amide bonds. The van der Waals surface area contributed by atoms with Gasteiger partial charge < -0.3 is 5.32 Å². The summed E-state index contributed by atoms with van der Waals surface area (Å²) in [6.07, 6.45) is 0. The van der Waals surface area contributed by atoms with Crippen molar-refractivity contribution in [3.05, 3.63) is 29.6 Å². The molecule has 2 rings (SSSR count). The van der Waals surface area contributed by atoms with E-state index in [9.17, 15) is 4.39 Å². The molecule has 0 aromatic heterocycles. The Kier molecular flexibility index (Phi) is 2.95. The predicted molar refractivity (Wildman–Crippen MR) is 64.1 cm³/mol. The van der Waals surface area contributed by atoms with Crippen LogP contribution in [0.15, 0.2) is 23.2 Å². The average molecular weight is 224 g/mol. The Labute approximate surface area is 93.0 Å². The van der Waals surface area contributed by atoms with E-state index in [2.05, 4.69) is 17.2 Å². The number of hydrogen-bond acceptors (Lipinski definition) is 3. The minimum absolute atomic E-state index is 0.184. The molecule has 1 aliphatic rings. The largest absolute Gasteiger partial charge is 0.335 e. The lowest BCUT2D eigenvalue weighted by atomic mass is 10.2. The molecular formula is C11H13FN2S. The molecule has 0 radical (unpaired) electrons. The highest BCUT2D eigenvalue weighted by Gasteiger charge is 2.14. The van der Waals surface area contributed by atoms with Gasteiger partial charge >= 0.3 is 0 Å². The summed E-state index contributed by atoms with van der Waals surface area (Å²) in [5.41, 5.74) is 1.42. The number of halogens is 1. The number of benzene rings is 1. The molecule has 80 valence electrons. The molecule has 1 atom stereocenters. The second-order valence-corrected chi connectivity index (χ2v) is 5.09. The summed E-state index contributed by atoms with van der Waals surface area (Å²) in [4.78, 5) is 4.31. The Hall–Kier alpha value is -1.03. The Morgan fingerprint density at radius 1 is 1.53 bits per heavy atom. The Balaban J connectivity index is 2.08. The quantitative estimate of drug-likeness (QED) is 0.793. The highest BCUT2D eigenvalue weighted by molar-refractivity contribution is 8.15. The van der Waals surface area contributed by atoms with Gasteiger partial charge in [0, 0.05) is 10.9 Å². The van der Waals surface area contributed by atoms with Gasteiger partial charge in [0.25, 0.3) is 0 Å². The molecule has 0 bridgehead atoms. The van der Waals surface area contributed by atoms with Gasteiger partial charge in [-0.1, -0.05) is 24.8 Å². The van der Waals surface area contributed by atoms with Crippen LogP contribution in [-0.2, 0) is 0 Å². The van der Waals surface area contributed by atoms with E-state index in [-0.39, 0.29) is 5.82 Å². The smallest absolute Gasteiger partial charge is 0.161 e. The molecule has 4 heteroatoms. The maximum Gasteiger partial charge on any atom is 0.161 e. The van der Waals surface area contributed by atoms with E-state index in [1.807, 2.05) is 6.07 Å². The van der Waals surface area contributed by atoms with Gasteiger partial charge in [0.1, 0.15) is 5.82 Å². The minimum atomic E-state index is -0.184. The molecule has 2 nitrogen and oxygen atoms in total. The van der Waals surface area contributed by atoms with Gasteiger partial charge in [-0.2, -0.15) is 0 Å². The molecule has 1 unspecified atom stereocenters. The number of rotatable bonds is 1. The van der Waals surface area contributed by atoms with Crippen molar-refractivity contribution in [3.8, 4) is 0 Å². The number of anilines is 1. The first-order chi connectivity index (χ1) is 7.15. The summed E-state index contributed by atoms with van der Waals surface area (Å²) < 4.78 is 13.2. The third-order valence-corrected chi connectivity index (χ3v) is 3.23. The summed E-state index contributed by atoms with van der Waals surface area (Å²) in [6, 6.07) is 5.13. The topological polar surface area (TPSA) is 24.4 Å². The van der Waals surface area contributed by atoms with Gasteiger partial charge in [0.05, 0.1) is 6.54 Å². The van der Waals surface area contributed by atoms with E-state index < -0.39 is 0 Å². The number of thioether (sulfide) groups is 1. The zero-order valence-corrected chi connectivity index (χ0v) is 9.57. The van der Waals surface area contributed by atoms with Crippen LogP contribution in [0.4, 0.5) is 10.1 Å². The molecular weight excluding hydrogens is 211 g/mol. The zero-order chi connectivity index (χ0) is 10.8. The first-order valence-corrected chi connectivity index (χ1v) is 5.77. The van der Waals surface area contributed by atoms with Gasteiger partial charge in [-0.3, -0.25) is 4.99 Å². The van der Waals surface area contributed by atoms with Crippen LogP contribution in [0, 0.1) is 12.7 Å². The van der Waals surface area contributed by atoms with Gasteiger partial charge in [0.15, 0.2) is 5.17 Å². The van der Waals surface area contributed by atoms with Crippen molar-refractivity contribution >= 4 is 22.6 Å². The molecule has 0 aliphatic carbocycles. The lowest BCUT2D eigenvalue weighted by Crippen LogP contribution is -2.06. The number of aryl methyl sites for hydroxylation is 1. The highest BCUT2D eigenvalue weighted by Crippen LogP contribution is 2.22. The second-order valence-electron chi connectivity index (χ2n) is 3.66. The normalized spacial score (nSPS) is 20.2. The number of hydrogen-bond donors (Lipinski definition) is 1. The van der Waals surface area contributed by atoms with Crippen LogP contribution in [-0.4, -0.2) is 17.0 Å². The van der Waals surface area contributed by atoms with Gasteiger partial charge in [-0.25, -0.2) is 4.39 Å². The molecule has 1 heterocycles. The summed E-state index contributed by atoms with van der Waals surface area (Å²) in [5.74, 6) is -0.184. The third-order valence-electron chi connectivity index (χ3n) is 2.23. The van der Waals surface area contributed by atoms with Crippen LogP contribution in [0.5, 0.6) is 0 Å². The van der Waals surface area contributed by atoms with Crippen LogP contribution in [0.1, 0.15) is 12.5 Å². The van der Waals surface area contributed by atoms with Crippen molar-refractivity contribution in [1.29, 1.82) is 0 Å². The van der Waals surface area contributed by atoms with Crippen LogP contribution in [0.25, 0.3) is 0 Å². The molecule has 0 saturated heterocycles. The zero-order valence-electron chi connectivity index (χ0n) is 8.75. The average Bonchev–Trinajstić information content (AvgIpc) is 2.58. The Bertz CT molecular complexity index is 404. The van der Waals surface area contributed by atoms with Gasteiger partial charge in [-0.05, 0) is 24.6 Å². The maximum absolute atomic E-state index is 13.2. The fourth-order valence-electron chi connectivity index (χ4n) is 1.34. The van der Waals surface area contributed by atoms with Crippen LogP contribution >= 0.6 is 11.8 Å².